The number of alkyl halides is 1. The van der Waals surface area contributed by atoms with Crippen molar-refractivity contribution in [3.05, 3.63) is 30.1 Å². The molecule has 2 aliphatic heterocycles. The summed E-state index contributed by atoms with van der Waals surface area (Å²) in [4.78, 5) is 27.4. The first-order valence-corrected chi connectivity index (χ1v) is 6.99. The molecule has 6 heteroatoms. The van der Waals surface area contributed by atoms with Crippen LogP contribution in [0.25, 0.3) is 0 Å². The molecule has 0 N–H and O–H groups in total. The lowest BCUT2D eigenvalue weighted by Gasteiger charge is -2.39. The molecule has 0 aromatic heterocycles. The number of carbonyl (C=O) groups excluding carboxylic acids is 2. The Morgan fingerprint density at radius 2 is 1.86 bits per heavy atom. The highest BCUT2D eigenvalue weighted by Crippen LogP contribution is 2.28. The minimum absolute atomic E-state index is 0.0562. The second kappa shape index (κ2) is 5.42. The van der Waals surface area contributed by atoms with Gasteiger partial charge in [-0.2, -0.15) is 0 Å². The molecule has 4 nitrogen and oxygen atoms in total. The van der Waals surface area contributed by atoms with Gasteiger partial charge in [-0.05, 0) is 24.3 Å². The zero-order valence-corrected chi connectivity index (χ0v) is 11.5. The highest BCUT2D eigenvalue weighted by Gasteiger charge is 2.40. The Morgan fingerprint density at radius 3 is 2.48 bits per heavy atom. The van der Waals surface area contributed by atoms with Gasteiger partial charge in [-0.15, -0.1) is 0 Å². The van der Waals surface area contributed by atoms with Crippen LogP contribution < -0.4 is 4.90 Å². The molecular weight excluding hydrogens is 278 g/mol. The van der Waals surface area contributed by atoms with Gasteiger partial charge in [0.25, 0.3) is 0 Å². The van der Waals surface area contributed by atoms with Crippen LogP contribution in [0.15, 0.2) is 24.3 Å². The summed E-state index contributed by atoms with van der Waals surface area (Å²) in [7, 11) is 0. The van der Waals surface area contributed by atoms with Crippen LogP contribution in [-0.4, -0.2) is 43.0 Å². The van der Waals surface area contributed by atoms with Crippen LogP contribution in [0.4, 0.5) is 14.5 Å². The number of likely N-dealkylation sites (tertiary alicyclic amines) is 1. The van der Waals surface area contributed by atoms with E-state index in [0.717, 1.165) is 0 Å². The van der Waals surface area contributed by atoms with Crippen LogP contribution in [0.3, 0.4) is 0 Å². The maximum Gasteiger partial charge on any atom is 0.228 e. The monoisotopic (exact) mass is 294 g/mol. The van der Waals surface area contributed by atoms with E-state index < -0.39 is 6.67 Å². The lowest BCUT2D eigenvalue weighted by molar-refractivity contribution is -0.142. The number of hydrogen-bond acceptors (Lipinski definition) is 2. The molecular formula is C15H16F2N2O2. The van der Waals surface area contributed by atoms with E-state index in [1.165, 1.54) is 29.2 Å². The van der Waals surface area contributed by atoms with Gasteiger partial charge in [0.15, 0.2) is 0 Å². The van der Waals surface area contributed by atoms with Crippen molar-refractivity contribution in [1.29, 1.82) is 0 Å². The number of benzene rings is 1. The van der Waals surface area contributed by atoms with Gasteiger partial charge in [-0.3, -0.25) is 14.0 Å². The Hall–Kier alpha value is -1.98. The summed E-state index contributed by atoms with van der Waals surface area (Å²) in [5.41, 5.74) is 0.599. The van der Waals surface area contributed by atoms with Crippen molar-refractivity contribution in [2.45, 2.75) is 6.42 Å². The third-order valence-electron chi connectivity index (χ3n) is 4.10. The molecule has 0 saturated carbocycles. The largest absolute Gasteiger partial charge is 0.342 e. The maximum atomic E-state index is 12.9. The molecule has 0 radical (unpaired) electrons. The summed E-state index contributed by atoms with van der Waals surface area (Å²) in [6.45, 7) is 0.780. The smallest absolute Gasteiger partial charge is 0.228 e. The summed E-state index contributed by atoms with van der Waals surface area (Å²) in [5, 5.41) is 0. The fraction of sp³-hybridized carbons (Fsp3) is 0.467. The molecule has 2 amide bonds. The van der Waals surface area contributed by atoms with Crippen LogP contribution in [0.5, 0.6) is 0 Å². The summed E-state index contributed by atoms with van der Waals surface area (Å²) in [6.07, 6.45) is 0.160. The van der Waals surface area contributed by atoms with Crippen molar-refractivity contribution in [2.24, 2.45) is 11.8 Å². The highest BCUT2D eigenvalue weighted by atomic mass is 19.1. The second-order valence-corrected chi connectivity index (χ2v) is 5.65. The minimum Gasteiger partial charge on any atom is -0.342 e. The Labute approximate surface area is 121 Å². The predicted molar refractivity (Wildman–Crippen MR) is 72.9 cm³/mol. The molecule has 2 fully saturated rings. The van der Waals surface area contributed by atoms with Crippen LogP contribution in [-0.2, 0) is 9.59 Å². The first-order valence-electron chi connectivity index (χ1n) is 6.99. The van der Waals surface area contributed by atoms with Gasteiger partial charge in [-0.1, -0.05) is 0 Å². The average Bonchev–Trinajstić information content (AvgIpc) is 2.80. The predicted octanol–water partition coefficient (Wildman–Crippen LogP) is 1.61. The molecule has 3 rings (SSSR count). The topological polar surface area (TPSA) is 40.6 Å². The molecule has 0 bridgehead atoms. The van der Waals surface area contributed by atoms with Gasteiger partial charge in [0.05, 0.1) is 12.6 Å². The van der Waals surface area contributed by atoms with E-state index in [9.17, 15) is 18.4 Å². The Kier molecular flexibility index (Phi) is 3.61. The molecule has 1 aromatic rings. The van der Waals surface area contributed by atoms with Crippen molar-refractivity contribution in [3.8, 4) is 0 Å². The number of carbonyl (C=O) groups is 2. The van der Waals surface area contributed by atoms with Gasteiger partial charge in [0.1, 0.15) is 5.82 Å². The fourth-order valence-electron chi connectivity index (χ4n) is 2.85. The van der Waals surface area contributed by atoms with Crippen LogP contribution in [0, 0.1) is 17.7 Å². The number of rotatable bonds is 3. The van der Waals surface area contributed by atoms with Gasteiger partial charge in [0, 0.05) is 37.7 Å². The number of hydrogen-bond donors (Lipinski definition) is 0. The van der Waals surface area contributed by atoms with E-state index in [1.54, 1.807) is 4.90 Å². The number of amides is 2. The lowest BCUT2D eigenvalue weighted by atomic mass is 9.98. The first kappa shape index (κ1) is 14.0. The summed E-state index contributed by atoms with van der Waals surface area (Å²) >= 11 is 0. The van der Waals surface area contributed by atoms with Crippen LogP contribution in [0.1, 0.15) is 6.42 Å². The normalized spacial score (nSPS) is 22.6. The zero-order valence-electron chi connectivity index (χ0n) is 11.5. The second-order valence-electron chi connectivity index (χ2n) is 5.65. The molecule has 1 unspecified atom stereocenters. The third kappa shape index (κ3) is 2.62. The molecule has 2 heterocycles. The number of anilines is 1. The average molecular weight is 294 g/mol. The van der Waals surface area contributed by atoms with Crippen molar-refractivity contribution in [3.63, 3.8) is 0 Å². The summed E-state index contributed by atoms with van der Waals surface area (Å²) in [5.74, 6) is -1.03. The minimum atomic E-state index is -0.408. The fourth-order valence-corrected chi connectivity index (χ4v) is 2.85. The summed E-state index contributed by atoms with van der Waals surface area (Å²) in [6, 6.07) is 5.64. The molecule has 1 atom stereocenters. The van der Waals surface area contributed by atoms with Crippen molar-refractivity contribution < 1.29 is 18.4 Å². The molecule has 0 spiro atoms. The van der Waals surface area contributed by atoms with Gasteiger partial charge in [0.2, 0.25) is 11.8 Å². The van der Waals surface area contributed by atoms with E-state index >= 15 is 0 Å². The standard InChI is InChI=1S/C15H16F2N2O2/c16-6-10-7-18(8-10)15(21)11-5-14(20)19(9-11)13-3-1-12(17)2-4-13/h1-4,10-11H,5-9H2. The van der Waals surface area contributed by atoms with E-state index in [4.69, 9.17) is 0 Å². The lowest BCUT2D eigenvalue weighted by Crippen LogP contribution is -2.53. The first-order chi connectivity index (χ1) is 10.1. The number of nitrogens with zero attached hydrogens (tertiary/aromatic N) is 2. The van der Waals surface area contributed by atoms with Crippen molar-refractivity contribution in [2.75, 3.05) is 31.2 Å². The van der Waals surface area contributed by atoms with Crippen molar-refractivity contribution in [1.82, 2.24) is 4.90 Å². The Bertz CT molecular complexity index is 555. The molecule has 2 aliphatic rings. The van der Waals surface area contributed by atoms with Crippen molar-refractivity contribution >= 4 is 17.5 Å². The van der Waals surface area contributed by atoms with Gasteiger partial charge in [-0.25, -0.2) is 4.39 Å². The number of halogens is 2. The van der Waals surface area contributed by atoms with Crippen LogP contribution in [0.2, 0.25) is 0 Å². The molecule has 112 valence electrons. The van der Waals surface area contributed by atoms with Gasteiger partial charge < -0.3 is 9.80 Å². The molecule has 2 saturated heterocycles. The maximum absolute atomic E-state index is 12.9. The molecule has 21 heavy (non-hydrogen) atoms. The van der Waals surface area contributed by atoms with E-state index in [0.29, 0.717) is 25.3 Å². The SMILES string of the molecule is O=C(C1CC(=O)N(c2ccc(F)cc2)C1)N1CC(CF)C1. The van der Waals surface area contributed by atoms with E-state index in [-0.39, 0.29) is 35.9 Å². The van der Waals surface area contributed by atoms with E-state index in [1.807, 2.05) is 0 Å². The quantitative estimate of drug-likeness (QED) is 0.850. The molecule has 1 aromatic carbocycles. The van der Waals surface area contributed by atoms with Gasteiger partial charge >= 0.3 is 0 Å². The van der Waals surface area contributed by atoms with Crippen LogP contribution >= 0.6 is 0 Å². The Morgan fingerprint density at radius 1 is 1.19 bits per heavy atom. The third-order valence-corrected chi connectivity index (χ3v) is 4.10. The molecule has 0 aliphatic carbocycles. The Balaban J connectivity index is 1.64. The summed E-state index contributed by atoms with van der Waals surface area (Å²) < 4.78 is 25.3. The van der Waals surface area contributed by atoms with E-state index in [2.05, 4.69) is 0 Å². The highest BCUT2D eigenvalue weighted by molar-refractivity contribution is 6.00. The zero-order chi connectivity index (χ0) is 15.0.